The molecule has 0 unspecified atom stereocenters. The number of nitrogens with zero attached hydrogens (tertiary/aromatic N) is 3. The number of anilines is 1. The predicted octanol–water partition coefficient (Wildman–Crippen LogP) is 3.81. The van der Waals surface area contributed by atoms with E-state index in [9.17, 15) is 4.79 Å². The maximum absolute atomic E-state index is 12.2. The van der Waals surface area contributed by atoms with Crippen molar-refractivity contribution in [3.63, 3.8) is 0 Å². The average Bonchev–Trinajstić information content (AvgIpc) is 2.96. The summed E-state index contributed by atoms with van der Waals surface area (Å²) < 4.78 is 7.25. The minimum absolute atomic E-state index is 0.155. The van der Waals surface area contributed by atoms with Gasteiger partial charge in [0.25, 0.3) is 0 Å². The van der Waals surface area contributed by atoms with Crippen LogP contribution in [0.4, 0.5) is 5.69 Å². The van der Waals surface area contributed by atoms with Crippen LogP contribution in [0.15, 0.2) is 23.4 Å². The summed E-state index contributed by atoms with van der Waals surface area (Å²) in [7, 11) is 1.55. The number of ether oxygens (including phenoxy) is 1. The van der Waals surface area contributed by atoms with Gasteiger partial charge in [0.2, 0.25) is 5.91 Å². The van der Waals surface area contributed by atoms with Crippen LogP contribution in [0.1, 0.15) is 32.5 Å². The van der Waals surface area contributed by atoms with Crippen LogP contribution in [0.5, 0.6) is 5.75 Å². The van der Waals surface area contributed by atoms with E-state index in [0.717, 1.165) is 17.5 Å². The van der Waals surface area contributed by atoms with E-state index in [1.807, 2.05) is 11.5 Å². The number of benzene rings is 1. The zero-order valence-electron chi connectivity index (χ0n) is 14.2. The molecule has 0 spiro atoms. The van der Waals surface area contributed by atoms with Crippen molar-refractivity contribution in [2.75, 3.05) is 18.2 Å². The normalized spacial score (nSPS) is 10.9. The fraction of sp³-hybridized carbons (Fsp3) is 0.438. The fourth-order valence-electron chi connectivity index (χ4n) is 2.23. The Hall–Kier alpha value is -1.73. The Balaban J connectivity index is 2.03. The lowest BCUT2D eigenvalue weighted by Crippen LogP contribution is -2.15. The number of amides is 1. The molecule has 0 saturated carbocycles. The molecule has 1 heterocycles. The van der Waals surface area contributed by atoms with Gasteiger partial charge in [-0.3, -0.25) is 4.79 Å². The molecule has 1 amide bonds. The van der Waals surface area contributed by atoms with Crippen molar-refractivity contribution in [2.24, 2.45) is 0 Å². The third kappa shape index (κ3) is 4.42. The van der Waals surface area contributed by atoms with Crippen LogP contribution >= 0.6 is 23.4 Å². The van der Waals surface area contributed by atoms with Crippen LogP contribution in [0.25, 0.3) is 0 Å². The molecule has 1 aromatic heterocycles. The smallest absolute Gasteiger partial charge is 0.234 e. The number of thioether (sulfide) groups is 1. The molecule has 0 bridgehead atoms. The molecule has 1 N–H and O–H groups in total. The molecule has 0 atom stereocenters. The van der Waals surface area contributed by atoms with E-state index in [-0.39, 0.29) is 17.6 Å². The lowest BCUT2D eigenvalue weighted by molar-refractivity contribution is -0.113. The standard InChI is InChI=1S/C16H21ClN4O2S/c1-5-21-15(10(2)3)19-20-16(21)24-9-14(22)18-12-8-11(17)6-7-13(12)23-4/h6-8,10H,5,9H2,1-4H3,(H,18,22). The highest BCUT2D eigenvalue weighted by atomic mass is 35.5. The lowest BCUT2D eigenvalue weighted by atomic mass is 10.2. The molecule has 2 aromatic rings. The zero-order chi connectivity index (χ0) is 17.7. The highest BCUT2D eigenvalue weighted by Crippen LogP contribution is 2.28. The number of hydrogen-bond acceptors (Lipinski definition) is 5. The number of methoxy groups -OCH3 is 1. The molecule has 0 saturated heterocycles. The van der Waals surface area contributed by atoms with Gasteiger partial charge in [-0.05, 0) is 25.1 Å². The Morgan fingerprint density at radius 3 is 2.79 bits per heavy atom. The Morgan fingerprint density at radius 1 is 1.42 bits per heavy atom. The number of carbonyl (C=O) groups excluding carboxylic acids is 1. The monoisotopic (exact) mass is 368 g/mol. The largest absolute Gasteiger partial charge is 0.495 e. The van der Waals surface area contributed by atoms with E-state index < -0.39 is 0 Å². The molecular weight excluding hydrogens is 348 g/mol. The summed E-state index contributed by atoms with van der Waals surface area (Å²) in [6, 6.07) is 5.09. The van der Waals surface area contributed by atoms with Gasteiger partial charge in [-0.2, -0.15) is 0 Å². The van der Waals surface area contributed by atoms with Crippen LogP contribution in [0.3, 0.4) is 0 Å². The average molecular weight is 369 g/mol. The number of carbonyl (C=O) groups is 1. The molecule has 24 heavy (non-hydrogen) atoms. The molecular formula is C16H21ClN4O2S. The first-order valence-electron chi connectivity index (χ1n) is 7.65. The van der Waals surface area contributed by atoms with E-state index in [1.54, 1.807) is 25.3 Å². The Bertz CT molecular complexity index is 718. The molecule has 1 aromatic carbocycles. The summed E-state index contributed by atoms with van der Waals surface area (Å²) in [6.45, 7) is 6.95. The van der Waals surface area contributed by atoms with Gasteiger partial charge in [-0.15, -0.1) is 10.2 Å². The molecule has 0 fully saturated rings. The predicted molar refractivity (Wildman–Crippen MR) is 97.1 cm³/mol. The third-order valence-electron chi connectivity index (χ3n) is 3.35. The second-order valence-corrected chi connectivity index (χ2v) is 6.80. The number of halogens is 1. The number of aromatic nitrogens is 3. The van der Waals surface area contributed by atoms with E-state index >= 15 is 0 Å². The first kappa shape index (κ1) is 18.6. The van der Waals surface area contributed by atoms with Crippen molar-refractivity contribution >= 4 is 35.0 Å². The van der Waals surface area contributed by atoms with Gasteiger partial charge in [0.1, 0.15) is 11.6 Å². The number of hydrogen-bond donors (Lipinski definition) is 1. The molecule has 0 radical (unpaired) electrons. The summed E-state index contributed by atoms with van der Waals surface area (Å²) in [5.41, 5.74) is 0.551. The first-order chi connectivity index (χ1) is 11.5. The van der Waals surface area contributed by atoms with Gasteiger partial charge < -0.3 is 14.6 Å². The SMILES string of the molecule is CCn1c(SCC(=O)Nc2cc(Cl)ccc2OC)nnc1C(C)C. The maximum atomic E-state index is 12.2. The third-order valence-corrected chi connectivity index (χ3v) is 4.55. The Morgan fingerprint density at radius 2 is 2.17 bits per heavy atom. The molecule has 0 aliphatic rings. The maximum Gasteiger partial charge on any atom is 0.234 e. The highest BCUT2D eigenvalue weighted by molar-refractivity contribution is 7.99. The molecule has 0 aliphatic carbocycles. The highest BCUT2D eigenvalue weighted by Gasteiger charge is 2.16. The molecule has 0 aliphatic heterocycles. The summed E-state index contributed by atoms with van der Waals surface area (Å²) in [5, 5.41) is 12.5. The molecule has 8 heteroatoms. The van der Waals surface area contributed by atoms with Crippen molar-refractivity contribution in [1.82, 2.24) is 14.8 Å². The topological polar surface area (TPSA) is 69.0 Å². The van der Waals surface area contributed by atoms with Gasteiger partial charge in [0.15, 0.2) is 5.16 Å². The number of nitrogens with one attached hydrogen (secondary N) is 1. The van der Waals surface area contributed by atoms with Crippen molar-refractivity contribution in [1.29, 1.82) is 0 Å². The van der Waals surface area contributed by atoms with Crippen LogP contribution < -0.4 is 10.1 Å². The van der Waals surface area contributed by atoms with Crippen LogP contribution in [-0.2, 0) is 11.3 Å². The summed E-state index contributed by atoms with van der Waals surface area (Å²) in [4.78, 5) is 12.2. The van der Waals surface area contributed by atoms with Crippen LogP contribution in [0, 0.1) is 0 Å². The minimum Gasteiger partial charge on any atom is -0.495 e. The van der Waals surface area contributed by atoms with Gasteiger partial charge in [-0.1, -0.05) is 37.2 Å². The van der Waals surface area contributed by atoms with Gasteiger partial charge in [0.05, 0.1) is 18.6 Å². The quantitative estimate of drug-likeness (QED) is 0.752. The lowest BCUT2D eigenvalue weighted by Gasteiger charge is -2.11. The van der Waals surface area contributed by atoms with E-state index in [2.05, 4.69) is 29.4 Å². The van der Waals surface area contributed by atoms with Crippen molar-refractivity contribution < 1.29 is 9.53 Å². The van der Waals surface area contributed by atoms with Gasteiger partial charge in [0, 0.05) is 17.5 Å². The Labute approximate surface area is 150 Å². The second kappa shape index (κ2) is 8.39. The summed E-state index contributed by atoms with van der Waals surface area (Å²) in [6.07, 6.45) is 0. The fourth-order valence-corrected chi connectivity index (χ4v) is 3.21. The first-order valence-corrected chi connectivity index (χ1v) is 9.01. The van der Waals surface area contributed by atoms with Crippen molar-refractivity contribution in [3.8, 4) is 5.75 Å². The van der Waals surface area contributed by atoms with Crippen molar-refractivity contribution in [2.45, 2.75) is 38.4 Å². The second-order valence-electron chi connectivity index (χ2n) is 5.42. The number of rotatable bonds is 7. The molecule has 2 rings (SSSR count). The van der Waals surface area contributed by atoms with E-state index in [0.29, 0.717) is 16.5 Å². The molecule has 130 valence electrons. The summed E-state index contributed by atoms with van der Waals surface area (Å²) >= 11 is 7.33. The molecule has 6 nitrogen and oxygen atoms in total. The van der Waals surface area contributed by atoms with Gasteiger partial charge in [-0.25, -0.2) is 0 Å². The zero-order valence-corrected chi connectivity index (χ0v) is 15.7. The van der Waals surface area contributed by atoms with E-state index in [1.165, 1.54) is 11.8 Å². The van der Waals surface area contributed by atoms with Crippen molar-refractivity contribution in [3.05, 3.63) is 29.0 Å². The van der Waals surface area contributed by atoms with E-state index in [4.69, 9.17) is 16.3 Å². The van der Waals surface area contributed by atoms with Gasteiger partial charge >= 0.3 is 0 Å². The van der Waals surface area contributed by atoms with Crippen LogP contribution in [-0.4, -0.2) is 33.5 Å². The minimum atomic E-state index is -0.155. The summed E-state index contributed by atoms with van der Waals surface area (Å²) in [5.74, 6) is 1.86. The van der Waals surface area contributed by atoms with Crippen LogP contribution in [0.2, 0.25) is 5.02 Å². The Kier molecular flexibility index (Phi) is 6.51.